The van der Waals surface area contributed by atoms with Crippen LogP contribution in [0.15, 0.2) is 72.5 Å². The lowest BCUT2D eigenvalue weighted by Gasteiger charge is -2.30. The maximum Gasteiger partial charge on any atom is 0.215 e. The van der Waals surface area contributed by atoms with E-state index in [1.165, 1.54) is 22.4 Å². The van der Waals surface area contributed by atoms with Gasteiger partial charge in [-0.2, -0.15) is 0 Å². The largest absolute Gasteiger partial charge is 0.399 e. The minimum Gasteiger partial charge on any atom is -0.399 e. The number of rotatable bonds is 1. The van der Waals surface area contributed by atoms with Crippen LogP contribution in [0.2, 0.25) is 0 Å². The van der Waals surface area contributed by atoms with Gasteiger partial charge in [-0.15, -0.1) is 0 Å². The summed E-state index contributed by atoms with van der Waals surface area (Å²) in [6.45, 7) is 0. The predicted molar refractivity (Wildman–Crippen MR) is 94.6 cm³/mol. The average Bonchev–Trinajstić information content (AvgIpc) is 2.56. The molecule has 4 rings (SSSR count). The standard InChI is InChI=1S/C20H20N3/c1-23-19-12-15(22)8-10-17(19)16-9-7-14(21)11-18(16)20(23)13-5-3-2-4-6-13/h2-12,17,19H,21-22H2,1H3/q+1. The molecule has 0 spiro atoms. The fraction of sp³-hybridized carbons (Fsp3) is 0.150. The Bertz CT molecular complexity index is 860. The molecule has 1 aliphatic carbocycles. The zero-order valence-corrected chi connectivity index (χ0v) is 13.1. The summed E-state index contributed by atoms with van der Waals surface area (Å²) in [7, 11) is 2.13. The number of fused-ring (bicyclic) bond motifs is 3. The van der Waals surface area contributed by atoms with Gasteiger partial charge in [-0.1, -0.05) is 30.3 Å². The lowest BCUT2D eigenvalue weighted by molar-refractivity contribution is -0.529. The second kappa shape index (κ2) is 5.13. The van der Waals surface area contributed by atoms with Gasteiger partial charge in [-0.3, -0.25) is 0 Å². The first-order valence-corrected chi connectivity index (χ1v) is 7.85. The van der Waals surface area contributed by atoms with Gasteiger partial charge in [0.05, 0.1) is 11.5 Å². The quantitative estimate of drug-likeness (QED) is 0.628. The summed E-state index contributed by atoms with van der Waals surface area (Å²) in [4.78, 5) is 0. The zero-order valence-electron chi connectivity index (χ0n) is 13.1. The lowest BCUT2D eigenvalue weighted by Crippen LogP contribution is -2.40. The second-order valence-electron chi connectivity index (χ2n) is 6.21. The van der Waals surface area contributed by atoms with E-state index in [4.69, 9.17) is 11.5 Å². The van der Waals surface area contributed by atoms with E-state index in [9.17, 15) is 0 Å². The number of hydrogen-bond donors (Lipinski definition) is 2. The summed E-state index contributed by atoms with van der Waals surface area (Å²) in [6.07, 6.45) is 6.35. The van der Waals surface area contributed by atoms with Gasteiger partial charge in [0.2, 0.25) is 5.71 Å². The molecule has 0 saturated carbocycles. The fourth-order valence-corrected chi connectivity index (χ4v) is 3.69. The Labute approximate surface area is 136 Å². The summed E-state index contributed by atoms with van der Waals surface area (Å²) in [5, 5.41) is 0. The molecule has 1 heterocycles. The topological polar surface area (TPSA) is 55.0 Å². The highest BCUT2D eigenvalue weighted by atomic mass is 15.0. The molecule has 2 aromatic rings. The van der Waals surface area contributed by atoms with Crippen molar-refractivity contribution in [3.8, 4) is 0 Å². The Kier molecular flexibility index (Phi) is 3.08. The van der Waals surface area contributed by atoms with Crippen LogP contribution in [0.1, 0.15) is 22.6 Å². The number of nitrogen functional groups attached to an aromatic ring is 1. The van der Waals surface area contributed by atoms with Gasteiger partial charge in [0.15, 0.2) is 6.04 Å². The Balaban J connectivity index is 2.01. The molecular formula is C20H20N3+. The third kappa shape index (κ3) is 2.16. The lowest BCUT2D eigenvalue weighted by atomic mass is 9.79. The molecule has 0 bridgehead atoms. The molecule has 2 aromatic carbocycles. The summed E-state index contributed by atoms with van der Waals surface area (Å²) >= 11 is 0. The van der Waals surface area contributed by atoms with Gasteiger partial charge in [0, 0.05) is 23.0 Å². The van der Waals surface area contributed by atoms with Crippen molar-refractivity contribution in [3.05, 3.63) is 89.1 Å². The first-order valence-electron chi connectivity index (χ1n) is 7.85. The van der Waals surface area contributed by atoms with Crippen LogP contribution in [-0.2, 0) is 0 Å². The molecule has 0 radical (unpaired) electrons. The molecule has 0 saturated heterocycles. The van der Waals surface area contributed by atoms with E-state index in [0.29, 0.717) is 5.92 Å². The second-order valence-corrected chi connectivity index (χ2v) is 6.21. The molecule has 2 aliphatic rings. The van der Waals surface area contributed by atoms with Crippen molar-refractivity contribution in [3.63, 3.8) is 0 Å². The predicted octanol–water partition coefficient (Wildman–Crippen LogP) is 2.63. The molecule has 0 aromatic heterocycles. The van der Waals surface area contributed by atoms with Crippen molar-refractivity contribution in [2.24, 2.45) is 5.73 Å². The van der Waals surface area contributed by atoms with Crippen LogP contribution >= 0.6 is 0 Å². The summed E-state index contributed by atoms with van der Waals surface area (Å²) in [5.74, 6) is 0.301. The number of likely N-dealkylation sites (N-methyl/N-ethyl adjacent to an activating group) is 1. The molecule has 0 fully saturated rings. The van der Waals surface area contributed by atoms with Crippen LogP contribution in [0.3, 0.4) is 0 Å². The van der Waals surface area contributed by atoms with Crippen LogP contribution in [0, 0.1) is 0 Å². The number of allylic oxidation sites excluding steroid dienone is 1. The number of anilines is 1. The SMILES string of the molecule is C[N+]1=C(c2ccccc2)c2cc(N)ccc2C2C=CC(N)=CC21. The highest BCUT2D eigenvalue weighted by molar-refractivity contribution is 6.11. The third-order valence-electron chi connectivity index (χ3n) is 4.77. The van der Waals surface area contributed by atoms with Crippen molar-refractivity contribution in [1.29, 1.82) is 0 Å². The highest BCUT2D eigenvalue weighted by Gasteiger charge is 2.39. The molecule has 1 aliphatic heterocycles. The number of hydrogen-bond acceptors (Lipinski definition) is 2. The Morgan fingerprint density at radius 2 is 1.78 bits per heavy atom. The maximum atomic E-state index is 6.08. The van der Waals surface area contributed by atoms with E-state index in [2.05, 4.69) is 60.2 Å². The molecule has 114 valence electrons. The van der Waals surface area contributed by atoms with E-state index >= 15 is 0 Å². The Hall–Kier alpha value is -2.81. The average molecular weight is 302 g/mol. The van der Waals surface area contributed by atoms with Gasteiger partial charge in [0.25, 0.3) is 0 Å². The van der Waals surface area contributed by atoms with E-state index < -0.39 is 0 Å². The number of benzene rings is 2. The van der Waals surface area contributed by atoms with Crippen molar-refractivity contribution < 1.29 is 4.58 Å². The van der Waals surface area contributed by atoms with Crippen LogP contribution in [0.5, 0.6) is 0 Å². The van der Waals surface area contributed by atoms with Gasteiger partial charge in [0.1, 0.15) is 7.05 Å². The Morgan fingerprint density at radius 1 is 1.00 bits per heavy atom. The third-order valence-corrected chi connectivity index (χ3v) is 4.77. The molecule has 3 nitrogen and oxygen atoms in total. The van der Waals surface area contributed by atoms with Gasteiger partial charge in [-0.05, 0) is 35.9 Å². The maximum absolute atomic E-state index is 6.08. The van der Waals surface area contributed by atoms with Crippen LogP contribution < -0.4 is 11.5 Å². The normalized spacial score (nSPS) is 22.4. The summed E-state index contributed by atoms with van der Waals surface area (Å²) < 4.78 is 2.32. The summed E-state index contributed by atoms with van der Waals surface area (Å²) in [6, 6.07) is 16.9. The number of nitrogens with two attached hydrogens (primary N) is 2. The molecule has 4 N–H and O–H groups in total. The van der Waals surface area contributed by atoms with Crippen LogP contribution in [0.25, 0.3) is 0 Å². The van der Waals surface area contributed by atoms with E-state index in [0.717, 1.165) is 11.4 Å². The smallest absolute Gasteiger partial charge is 0.215 e. The molecule has 2 atom stereocenters. The van der Waals surface area contributed by atoms with Gasteiger partial charge < -0.3 is 11.5 Å². The van der Waals surface area contributed by atoms with E-state index in [-0.39, 0.29) is 6.04 Å². The fourth-order valence-electron chi connectivity index (χ4n) is 3.69. The minimum atomic E-state index is 0.228. The van der Waals surface area contributed by atoms with Crippen molar-refractivity contribution in [2.45, 2.75) is 12.0 Å². The number of nitrogens with zero attached hydrogens (tertiary/aromatic N) is 1. The monoisotopic (exact) mass is 302 g/mol. The molecule has 23 heavy (non-hydrogen) atoms. The summed E-state index contributed by atoms with van der Waals surface area (Å²) in [5.41, 5.74) is 18.7. The molecule has 3 heteroatoms. The van der Waals surface area contributed by atoms with Crippen LogP contribution in [0.4, 0.5) is 5.69 Å². The molecule has 0 amide bonds. The highest BCUT2D eigenvalue weighted by Crippen LogP contribution is 2.36. The first-order chi connectivity index (χ1) is 11.1. The van der Waals surface area contributed by atoms with Crippen molar-refractivity contribution in [1.82, 2.24) is 0 Å². The van der Waals surface area contributed by atoms with Crippen molar-refractivity contribution in [2.75, 3.05) is 12.8 Å². The Morgan fingerprint density at radius 3 is 2.57 bits per heavy atom. The van der Waals surface area contributed by atoms with Gasteiger partial charge >= 0.3 is 0 Å². The van der Waals surface area contributed by atoms with Gasteiger partial charge in [-0.25, -0.2) is 4.58 Å². The first kappa shape index (κ1) is 13.8. The minimum absolute atomic E-state index is 0.228. The van der Waals surface area contributed by atoms with Crippen molar-refractivity contribution >= 4 is 11.4 Å². The molecule has 2 unspecified atom stereocenters. The van der Waals surface area contributed by atoms with E-state index in [1.807, 2.05) is 18.2 Å². The van der Waals surface area contributed by atoms with E-state index in [1.54, 1.807) is 0 Å². The van der Waals surface area contributed by atoms with Crippen LogP contribution in [-0.4, -0.2) is 23.4 Å². The molecular weight excluding hydrogens is 282 g/mol. The zero-order chi connectivity index (χ0) is 16.0.